The van der Waals surface area contributed by atoms with E-state index in [1.807, 2.05) is 6.92 Å². The third-order valence-electron chi connectivity index (χ3n) is 5.14. The first-order chi connectivity index (χ1) is 9.18. The van der Waals surface area contributed by atoms with Gasteiger partial charge in [-0.1, -0.05) is 0 Å². The summed E-state index contributed by atoms with van der Waals surface area (Å²) in [6.07, 6.45) is 5.24. The number of likely N-dealkylation sites (tertiary alicyclic amines) is 1. The summed E-state index contributed by atoms with van der Waals surface area (Å²) >= 11 is 0. The molecule has 3 aliphatic rings. The van der Waals surface area contributed by atoms with E-state index in [1.54, 1.807) is 4.90 Å². The molecule has 2 heterocycles. The summed E-state index contributed by atoms with van der Waals surface area (Å²) in [6.45, 7) is 5.19. The third kappa shape index (κ3) is 2.34. The van der Waals surface area contributed by atoms with E-state index in [0.29, 0.717) is 12.1 Å². The van der Waals surface area contributed by atoms with Crippen LogP contribution in [0.1, 0.15) is 39.0 Å². The van der Waals surface area contributed by atoms with E-state index < -0.39 is 6.09 Å². The molecule has 2 N–H and O–H groups in total. The number of amides is 1. The molecule has 0 radical (unpaired) electrons. The molecule has 2 saturated heterocycles. The van der Waals surface area contributed by atoms with Gasteiger partial charge in [0.05, 0.1) is 6.04 Å². The highest BCUT2D eigenvalue weighted by Crippen LogP contribution is 2.32. The minimum absolute atomic E-state index is 0.0936. The molecule has 0 aromatic carbocycles. The molecule has 1 amide bonds. The molecule has 5 heteroatoms. The van der Waals surface area contributed by atoms with Gasteiger partial charge in [0.2, 0.25) is 0 Å². The predicted octanol–water partition coefficient (Wildman–Crippen LogP) is 1.34. The van der Waals surface area contributed by atoms with Crippen molar-refractivity contribution in [3.05, 3.63) is 0 Å². The van der Waals surface area contributed by atoms with E-state index in [-0.39, 0.29) is 12.1 Å². The van der Waals surface area contributed by atoms with Gasteiger partial charge in [-0.25, -0.2) is 4.79 Å². The fraction of sp³-hybridized carbons (Fsp3) is 0.929. The molecular formula is C14H25N3O2. The van der Waals surface area contributed by atoms with Crippen LogP contribution in [0, 0.1) is 0 Å². The lowest BCUT2D eigenvalue weighted by atomic mass is 9.82. The first-order valence-corrected chi connectivity index (χ1v) is 7.67. The van der Waals surface area contributed by atoms with Gasteiger partial charge in [0.1, 0.15) is 0 Å². The lowest BCUT2D eigenvalue weighted by molar-refractivity contribution is 0.0125. The Balaban J connectivity index is 1.78. The van der Waals surface area contributed by atoms with Crippen molar-refractivity contribution in [2.24, 2.45) is 0 Å². The number of hydrogen-bond donors (Lipinski definition) is 2. The highest BCUT2D eigenvalue weighted by Gasteiger charge is 2.45. The number of carboxylic acid groups (broad SMARTS) is 1. The topological polar surface area (TPSA) is 55.8 Å². The quantitative estimate of drug-likeness (QED) is 0.753. The van der Waals surface area contributed by atoms with Gasteiger partial charge in [-0.05, 0) is 52.1 Å². The fourth-order valence-corrected chi connectivity index (χ4v) is 4.28. The maximum absolute atomic E-state index is 11.5. The van der Waals surface area contributed by atoms with Crippen molar-refractivity contribution in [2.75, 3.05) is 19.6 Å². The van der Waals surface area contributed by atoms with E-state index in [4.69, 9.17) is 0 Å². The van der Waals surface area contributed by atoms with Crippen molar-refractivity contribution < 1.29 is 9.90 Å². The summed E-state index contributed by atoms with van der Waals surface area (Å²) in [6, 6.07) is 1.13. The van der Waals surface area contributed by atoms with Crippen LogP contribution in [0.5, 0.6) is 0 Å². The number of piperazine rings is 1. The molecule has 3 rings (SSSR count). The van der Waals surface area contributed by atoms with Gasteiger partial charge in [0.15, 0.2) is 0 Å². The lowest BCUT2D eigenvalue weighted by Gasteiger charge is -2.51. The molecule has 5 nitrogen and oxygen atoms in total. The molecule has 2 aliphatic heterocycles. The normalized spacial score (nSPS) is 40.2. The zero-order chi connectivity index (χ0) is 13.4. The molecule has 0 aromatic heterocycles. The Labute approximate surface area is 114 Å². The van der Waals surface area contributed by atoms with Gasteiger partial charge in [0.25, 0.3) is 0 Å². The van der Waals surface area contributed by atoms with E-state index in [9.17, 15) is 9.90 Å². The Hall–Kier alpha value is -0.810. The summed E-state index contributed by atoms with van der Waals surface area (Å²) in [5.41, 5.74) is 0. The predicted molar refractivity (Wildman–Crippen MR) is 73.4 cm³/mol. The molecule has 1 saturated carbocycles. The third-order valence-corrected chi connectivity index (χ3v) is 5.14. The molecule has 0 bridgehead atoms. The lowest BCUT2D eigenvalue weighted by Crippen LogP contribution is -2.69. The second-order valence-corrected chi connectivity index (χ2v) is 6.28. The minimum atomic E-state index is -0.744. The molecule has 1 aliphatic carbocycles. The van der Waals surface area contributed by atoms with Crippen molar-refractivity contribution in [2.45, 2.75) is 63.2 Å². The average molecular weight is 267 g/mol. The largest absolute Gasteiger partial charge is 0.465 e. The van der Waals surface area contributed by atoms with Crippen LogP contribution >= 0.6 is 0 Å². The Bertz CT molecular complexity index is 344. The van der Waals surface area contributed by atoms with Gasteiger partial charge in [-0.2, -0.15) is 0 Å². The van der Waals surface area contributed by atoms with E-state index >= 15 is 0 Å². The first kappa shape index (κ1) is 13.2. The Morgan fingerprint density at radius 1 is 1.16 bits per heavy atom. The molecule has 19 heavy (non-hydrogen) atoms. The van der Waals surface area contributed by atoms with Crippen molar-refractivity contribution in [1.29, 1.82) is 0 Å². The van der Waals surface area contributed by atoms with Crippen LogP contribution < -0.4 is 5.32 Å². The number of nitrogens with zero attached hydrogens (tertiary/aromatic N) is 2. The van der Waals surface area contributed by atoms with Crippen LogP contribution in [0.15, 0.2) is 0 Å². The summed E-state index contributed by atoms with van der Waals surface area (Å²) in [7, 11) is 0. The molecule has 0 spiro atoms. The summed E-state index contributed by atoms with van der Waals surface area (Å²) in [5.74, 6) is 0. The van der Waals surface area contributed by atoms with Gasteiger partial charge in [-0.15, -0.1) is 0 Å². The van der Waals surface area contributed by atoms with Gasteiger partial charge in [-0.3, -0.25) is 9.80 Å². The van der Waals surface area contributed by atoms with Gasteiger partial charge < -0.3 is 10.4 Å². The zero-order valence-electron chi connectivity index (χ0n) is 11.7. The molecule has 108 valence electrons. The average Bonchev–Trinajstić information content (AvgIpc) is 2.90. The van der Waals surface area contributed by atoms with Crippen molar-refractivity contribution in [3.63, 3.8) is 0 Å². The maximum Gasteiger partial charge on any atom is 0.407 e. The van der Waals surface area contributed by atoms with Crippen LogP contribution in [-0.4, -0.2) is 64.8 Å². The van der Waals surface area contributed by atoms with Crippen LogP contribution in [0.4, 0.5) is 4.79 Å². The summed E-state index contributed by atoms with van der Waals surface area (Å²) in [5, 5.41) is 13.1. The molecule has 1 unspecified atom stereocenters. The van der Waals surface area contributed by atoms with E-state index in [0.717, 1.165) is 19.4 Å². The van der Waals surface area contributed by atoms with E-state index in [1.165, 1.54) is 32.4 Å². The standard InChI is InChI=1S/C14H25N3O2/c1-10-9-15-13-11(16-7-2-3-8-16)5-4-6-12(13)17(10)14(18)19/h10-13,15H,2-9H2,1H3,(H,18,19)/t10?,11-,12-,13+/m0/s1. The van der Waals surface area contributed by atoms with Crippen molar-refractivity contribution >= 4 is 6.09 Å². The number of fused-ring (bicyclic) bond motifs is 1. The van der Waals surface area contributed by atoms with Crippen LogP contribution in [0.2, 0.25) is 0 Å². The van der Waals surface area contributed by atoms with Crippen LogP contribution in [-0.2, 0) is 0 Å². The van der Waals surface area contributed by atoms with Gasteiger partial charge >= 0.3 is 6.09 Å². The number of rotatable bonds is 1. The fourth-order valence-electron chi connectivity index (χ4n) is 4.28. The monoisotopic (exact) mass is 267 g/mol. The molecular weight excluding hydrogens is 242 g/mol. The van der Waals surface area contributed by atoms with Crippen molar-refractivity contribution in [3.8, 4) is 0 Å². The first-order valence-electron chi connectivity index (χ1n) is 7.67. The second-order valence-electron chi connectivity index (χ2n) is 6.28. The Kier molecular flexibility index (Phi) is 3.67. The minimum Gasteiger partial charge on any atom is -0.465 e. The highest BCUT2D eigenvalue weighted by atomic mass is 16.4. The zero-order valence-corrected chi connectivity index (χ0v) is 11.7. The Morgan fingerprint density at radius 2 is 1.84 bits per heavy atom. The van der Waals surface area contributed by atoms with Crippen LogP contribution in [0.25, 0.3) is 0 Å². The molecule has 0 aromatic rings. The number of hydrogen-bond acceptors (Lipinski definition) is 3. The smallest absolute Gasteiger partial charge is 0.407 e. The van der Waals surface area contributed by atoms with Gasteiger partial charge in [0, 0.05) is 24.7 Å². The highest BCUT2D eigenvalue weighted by molar-refractivity contribution is 5.66. The van der Waals surface area contributed by atoms with E-state index in [2.05, 4.69) is 10.2 Å². The number of nitrogens with one attached hydrogen (secondary N) is 1. The molecule has 4 atom stereocenters. The summed E-state index contributed by atoms with van der Waals surface area (Å²) in [4.78, 5) is 15.8. The second kappa shape index (κ2) is 5.29. The maximum atomic E-state index is 11.5. The molecule has 3 fully saturated rings. The number of carbonyl (C=O) groups is 1. The Morgan fingerprint density at radius 3 is 2.53 bits per heavy atom. The van der Waals surface area contributed by atoms with Crippen molar-refractivity contribution in [1.82, 2.24) is 15.1 Å². The summed E-state index contributed by atoms with van der Waals surface area (Å²) < 4.78 is 0. The SMILES string of the molecule is CC1CN[C@@H]2[C@@H](N3CCCC3)CCC[C@@H]2N1C(=O)O. The van der Waals surface area contributed by atoms with Crippen LogP contribution in [0.3, 0.4) is 0 Å².